The monoisotopic (exact) mass is 308 g/mol. The molecule has 0 aromatic carbocycles. The first kappa shape index (κ1) is 16.0. The molecule has 1 rings (SSSR count). The van der Waals surface area contributed by atoms with Crippen LogP contribution in [0.5, 0.6) is 0 Å². The number of thioether (sulfide) groups is 1. The highest BCUT2D eigenvalue weighted by Crippen LogP contribution is 2.24. The highest BCUT2D eigenvalue weighted by Gasteiger charge is 2.22. The van der Waals surface area contributed by atoms with E-state index in [0.717, 1.165) is 23.6 Å². The minimum atomic E-state index is -3.30. The summed E-state index contributed by atoms with van der Waals surface area (Å²) in [5.41, 5.74) is 0. The fourth-order valence-electron chi connectivity index (χ4n) is 1.37. The summed E-state index contributed by atoms with van der Waals surface area (Å²) < 4.78 is 26.3. The number of nitrogens with zero attached hydrogens (tertiary/aromatic N) is 1. The average Bonchev–Trinajstić information content (AvgIpc) is 2.82. The molecule has 0 atom stereocenters. The Morgan fingerprint density at radius 2 is 2.17 bits per heavy atom. The number of sulfonamides is 1. The summed E-state index contributed by atoms with van der Waals surface area (Å²) in [6.07, 6.45) is 2.84. The van der Waals surface area contributed by atoms with Gasteiger partial charge in [-0.15, -0.1) is 11.3 Å². The van der Waals surface area contributed by atoms with Gasteiger partial charge in [0.25, 0.3) is 10.0 Å². The molecule has 1 heterocycles. The smallest absolute Gasteiger partial charge is 0.252 e. The zero-order chi connectivity index (χ0) is 13.6. The molecule has 0 aliphatic rings. The van der Waals surface area contributed by atoms with Crippen molar-refractivity contribution < 1.29 is 8.42 Å². The van der Waals surface area contributed by atoms with Gasteiger partial charge in [-0.25, -0.2) is 8.42 Å². The highest BCUT2D eigenvalue weighted by molar-refractivity contribution is 7.98. The Balaban J connectivity index is 2.75. The van der Waals surface area contributed by atoms with Gasteiger partial charge in [0.2, 0.25) is 0 Å². The van der Waals surface area contributed by atoms with Crippen LogP contribution in [0, 0.1) is 0 Å². The SMILES string of the molecule is CNCCc1ccc(S(=O)(=O)N(C)CCSC)s1. The van der Waals surface area contributed by atoms with Gasteiger partial charge in [-0.3, -0.25) is 0 Å². The van der Waals surface area contributed by atoms with Crippen LogP contribution in [-0.4, -0.2) is 51.9 Å². The molecular weight excluding hydrogens is 288 g/mol. The van der Waals surface area contributed by atoms with E-state index in [1.807, 2.05) is 19.4 Å². The summed E-state index contributed by atoms with van der Waals surface area (Å²) in [6, 6.07) is 3.61. The van der Waals surface area contributed by atoms with Gasteiger partial charge in [-0.2, -0.15) is 16.1 Å². The molecule has 0 spiro atoms. The molecule has 1 N–H and O–H groups in total. The molecule has 4 nitrogen and oxygen atoms in total. The molecule has 7 heteroatoms. The van der Waals surface area contributed by atoms with Crippen molar-refractivity contribution in [3.63, 3.8) is 0 Å². The van der Waals surface area contributed by atoms with Crippen molar-refractivity contribution in [3.05, 3.63) is 17.0 Å². The van der Waals surface area contributed by atoms with Crippen molar-refractivity contribution in [1.29, 1.82) is 0 Å². The lowest BCUT2D eigenvalue weighted by Crippen LogP contribution is -2.28. The van der Waals surface area contributed by atoms with Crippen LogP contribution in [0.1, 0.15) is 4.88 Å². The number of thiophene rings is 1. The first-order valence-corrected chi connectivity index (χ1v) is 9.36. The normalized spacial score (nSPS) is 12.2. The Bertz CT molecular complexity index is 457. The third-order valence-electron chi connectivity index (χ3n) is 2.53. The molecule has 0 radical (unpaired) electrons. The van der Waals surface area contributed by atoms with E-state index in [-0.39, 0.29) is 0 Å². The Kier molecular flexibility index (Phi) is 6.65. The summed E-state index contributed by atoms with van der Waals surface area (Å²) in [5, 5.41) is 3.06. The molecule has 0 amide bonds. The molecule has 0 unspecified atom stereocenters. The molecule has 1 aromatic heterocycles. The van der Waals surface area contributed by atoms with Gasteiger partial charge in [0.1, 0.15) is 4.21 Å². The number of rotatable bonds is 8. The van der Waals surface area contributed by atoms with Crippen LogP contribution >= 0.6 is 23.1 Å². The molecule has 0 saturated carbocycles. The van der Waals surface area contributed by atoms with Crippen LogP contribution in [0.15, 0.2) is 16.3 Å². The van der Waals surface area contributed by atoms with E-state index in [0.29, 0.717) is 10.8 Å². The number of nitrogens with one attached hydrogen (secondary N) is 1. The Morgan fingerprint density at radius 1 is 1.44 bits per heavy atom. The summed E-state index contributed by atoms with van der Waals surface area (Å²) in [5.74, 6) is 0.813. The Hall–Kier alpha value is -0.0800. The quantitative estimate of drug-likeness (QED) is 0.790. The maximum atomic E-state index is 12.2. The summed E-state index contributed by atoms with van der Waals surface area (Å²) in [4.78, 5) is 1.10. The van der Waals surface area contributed by atoms with Gasteiger partial charge in [0, 0.05) is 24.2 Å². The Labute approximate surface area is 118 Å². The summed E-state index contributed by atoms with van der Waals surface area (Å²) in [7, 11) is 0.230. The Morgan fingerprint density at radius 3 is 2.78 bits per heavy atom. The third-order valence-corrected chi connectivity index (χ3v) is 6.59. The second-order valence-electron chi connectivity index (χ2n) is 3.89. The third kappa shape index (κ3) is 4.24. The molecular formula is C11H20N2O2S3. The van der Waals surface area contributed by atoms with Crippen molar-refractivity contribution in [2.45, 2.75) is 10.6 Å². The predicted octanol–water partition coefficient (Wildman–Crippen LogP) is 1.49. The molecule has 0 aliphatic carbocycles. The van der Waals surface area contributed by atoms with Gasteiger partial charge in [0.05, 0.1) is 0 Å². The lowest BCUT2D eigenvalue weighted by molar-refractivity contribution is 0.490. The summed E-state index contributed by atoms with van der Waals surface area (Å²) >= 11 is 3.01. The van der Waals surface area contributed by atoms with Crippen LogP contribution in [0.25, 0.3) is 0 Å². The first-order chi connectivity index (χ1) is 8.52. The van der Waals surface area contributed by atoms with E-state index in [1.54, 1.807) is 24.9 Å². The zero-order valence-corrected chi connectivity index (χ0v) is 13.4. The fraction of sp³-hybridized carbons (Fsp3) is 0.636. The van der Waals surface area contributed by atoms with E-state index in [9.17, 15) is 8.42 Å². The maximum Gasteiger partial charge on any atom is 0.252 e. The fourth-order valence-corrected chi connectivity index (χ4v) is 4.68. The minimum absolute atomic E-state index is 0.442. The van der Waals surface area contributed by atoms with Gasteiger partial charge < -0.3 is 5.32 Å². The highest BCUT2D eigenvalue weighted by atomic mass is 32.2. The van der Waals surface area contributed by atoms with Crippen molar-refractivity contribution in [3.8, 4) is 0 Å². The zero-order valence-electron chi connectivity index (χ0n) is 11.0. The van der Waals surface area contributed by atoms with Crippen LogP contribution in [0.3, 0.4) is 0 Å². The van der Waals surface area contributed by atoms with E-state index in [2.05, 4.69) is 5.32 Å². The largest absolute Gasteiger partial charge is 0.319 e. The molecule has 1 aromatic rings. The molecule has 0 fully saturated rings. The molecule has 0 aliphatic heterocycles. The number of likely N-dealkylation sites (N-methyl/N-ethyl adjacent to an activating group) is 1. The number of hydrogen-bond donors (Lipinski definition) is 1. The lowest BCUT2D eigenvalue weighted by Gasteiger charge is -2.14. The molecule has 104 valence electrons. The van der Waals surface area contributed by atoms with Gasteiger partial charge >= 0.3 is 0 Å². The molecule has 0 saturated heterocycles. The van der Waals surface area contributed by atoms with Crippen molar-refractivity contribution >= 4 is 33.1 Å². The van der Waals surface area contributed by atoms with Gasteiger partial charge in [-0.05, 0) is 38.4 Å². The second-order valence-corrected chi connectivity index (χ2v) is 8.32. The van der Waals surface area contributed by atoms with E-state index >= 15 is 0 Å². The van der Waals surface area contributed by atoms with Gasteiger partial charge in [-0.1, -0.05) is 0 Å². The van der Waals surface area contributed by atoms with Gasteiger partial charge in [0.15, 0.2) is 0 Å². The minimum Gasteiger partial charge on any atom is -0.319 e. The molecule has 18 heavy (non-hydrogen) atoms. The topological polar surface area (TPSA) is 49.4 Å². The van der Waals surface area contributed by atoms with Crippen molar-refractivity contribution in [2.24, 2.45) is 0 Å². The van der Waals surface area contributed by atoms with Crippen molar-refractivity contribution in [1.82, 2.24) is 9.62 Å². The maximum absolute atomic E-state index is 12.2. The van der Waals surface area contributed by atoms with E-state index in [4.69, 9.17) is 0 Å². The van der Waals surface area contributed by atoms with Crippen molar-refractivity contribution in [2.75, 3.05) is 39.2 Å². The number of hydrogen-bond acceptors (Lipinski definition) is 5. The average molecular weight is 308 g/mol. The van der Waals surface area contributed by atoms with Crippen LogP contribution in [0.2, 0.25) is 0 Å². The van der Waals surface area contributed by atoms with Crippen LogP contribution in [-0.2, 0) is 16.4 Å². The van der Waals surface area contributed by atoms with E-state index < -0.39 is 10.0 Å². The summed E-state index contributed by atoms with van der Waals surface area (Å²) in [6.45, 7) is 1.41. The standard InChI is InChI=1S/C11H20N2O2S3/c1-12-7-6-10-4-5-11(17-10)18(14,15)13(2)8-9-16-3/h4-5,12H,6-9H2,1-3H3. The lowest BCUT2D eigenvalue weighted by atomic mass is 10.3. The van der Waals surface area contributed by atoms with Crippen LogP contribution in [0.4, 0.5) is 0 Å². The molecule has 0 bridgehead atoms. The van der Waals surface area contributed by atoms with Crippen LogP contribution < -0.4 is 5.32 Å². The second kappa shape index (κ2) is 7.49. The van der Waals surface area contributed by atoms with E-state index in [1.165, 1.54) is 15.6 Å². The predicted molar refractivity (Wildman–Crippen MR) is 80.1 cm³/mol. The first-order valence-electron chi connectivity index (χ1n) is 5.71.